The van der Waals surface area contributed by atoms with Crippen molar-refractivity contribution in [2.24, 2.45) is 5.92 Å². The minimum Gasteiger partial charge on any atom is -0.497 e. The van der Waals surface area contributed by atoms with Gasteiger partial charge in [0.25, 0.3) is 11.8 Å². The Bertz CT molecular complexity index is 1960. The van der Waals surface area contributed by atoms with E-state index in [2.05, 4.69) is 22.9 Å². The van der Waals surface area contributed by atoms with Gasteiger partial charge in [-0.05, 0) is 98.7 Å². The number of rotatable bonds is 14. The molecule has 272 valence electrons. The van der Waals surface area contributed by atoms with Crippen LogP contribution in [0.15, 0.2) is 83.4 Å². The molecule has 0 bridgehead atoms. The topological polar surface area (TPSA) is 132 Å². The molecule has 12 heteroatoms. The summed E-state index contributed by atoms with van der Waals surface area (Å²) in [5.74, 6) is -0.124. The van der Waals surface area contributed by atoms with Crippen LogP contribution in [-0.4, -0.2) is 49.8 Å². The van der Waals surface area contributed by atoms with Crippen LogP contribution in [0, 0.1) is 5.92 Å². The fraction of sp³-hybridized carbons (Fsp3) is 0.300. The van der Waals surface area contributed by atoms with E-state index < -0.39 is 23.0 Å². The second kappa shape index (κ2) is 17.9. The Hall–Kier alpha value is -5.07. The number of carbonyl (C=O) groups excluding carboxylic acids is 4. The first-order valence-electron chi connectivity index (χ1n) is 17.1. The molecule has 52 heavy (non-hydrogen) atoms. The molecule has 1 aliphatic carbocycles. The number of thiophene rings is 1. The van der Waals surface area contributed by atoms with Gasteiger partial charge in [-0.2, -0.15) is 0 Å². The third kappa shape index (κ3) is 9.42. The van der Waals surface area contributed by atoms with E-state index in [0.29, 0.717) is 51.2 Å². The highest BCUT2D eigenvalue weighted by molar-refractivity contribution is 8.00. The van der Waals surface area contributed by atoms with Crippen molar-refractivity contribution in [3.8, 4) is 11.5 Å². The fourth-order valence-electron chi connectivity index (χ4n) is 5.83. The Balaban J connectivity index is 1.35. The molecule has 10 nitrogen and oxygen atoms in total. The molecule has 2 atom stereocenters. The number of nitrogens with one attached hydrogen (secondary N) is 3. The predicted octanol–water partition coefficient (Wildman–Crippen LogP) is 7.99. The normalized spacial score (nSPS) is 14.4. The summed E-state index contributed by atoms with van der Waals surface area (Å²) in [5, 5.41) is 8.74. The summed E-state index contributed by atoms with van der Waals surface area (Å²) in [6.07, 6.45) is 4.68. The average Bonchev–Trinajstić information content (AvgIpc) is 3.50. The molecule has 1 aromatic heterocycles. The summed E-state index contributed by atoms with van der Waals surface area (Å²) in [6.45, 7) is 6.14. The van der Waals surface area contributed by atoms with E-state index in [-0.39, 0.29) is 18.2 Å². The number of thioether (sulfide) groups is 1. The van der Waals surface area contributed by atoms with Crippen molar-refractivity contribution in [2.45, 2.75) is 56.6 Å². The second-order valence-electron chi connectivity index (χ2n) is 12.2. The Morgan fingerprint density at radius 1 is 0.962 bits per heavy atom. The molecule has 0 saturated heterocycles. The minimum absolute atomic E-state index is 0.0188. The van der Waals surface area contributed by atoms with Crippen molar-refractivity contribution in [1.82, 2.24) is 5.32 Å². The molecule has 1 heterocycles. The third-order valence-corrected chi connectivity index (χ3v) is 11.1. The van der Waals surface area contributed by atoms with E-state index in [0.717, 1.165) is 34.6 Å². The smallest absolute Gasteiger partial charge is 0.341 e. The molecular weight excluding hydrogens is 699 g/mol. The first kappa shape index (κ1) is 38.2. The Labute approximate surface area is 312 Å². The highest BCUT2D eigenvalue weighted by Crippen LogP contribution is 2.41. The Kier molecular flexibility index (Phi) is 13.2. The van der Waals surface area contributed by atoms with Gasteiger partial charge in [0.15, 0.2) is 0 Å². The number of amides is 3. The van der Waals surface area contributed by atoms with Crippen molar-refractivity contribution in [3.05, 3.63) is 106 Å². The largest absolute Gasteiger partial charge is 0.497 e. The number of hydrogen-bond donors (Lipinski definition) is 3. The lowest BCUT2D eigenvalue weighted by atomic mass is 9.88. The van der Waals surface area contributed by atoms with E-state index in [1.807, 2.05) is 13.0 Å². The van der Waals surface area contributed by atoms with Crippen molar-refractivity contribution in [1.29, 1.82) is 0 Å². The van der Waals surface area contributed by atoms with E-state index in [4.69, 9.17) is 14.2 Å². The molecule has 3 amide bonds. The molecule has 4 aromatic rings. The van der Waals surface area contributed by atoms with Gasteiger partial charge in [0, 0.05) is 26.6 Å². The first-order valence-corrected chi connectivity index (χ1v) is 18.8. The van der Waals surface area contributed by atoms with Gasteiger partial charge in [0.05, 0.1) is 31.6 Å². The first-order chi connectivity index (χ1) is 25.1. The summed E-state index contributed by atoms with van der Waals surface area (Å²) in [5.41, 5.74) is 2.81. The van der Waals surface area contributed by atoms with E-state index in [1.54, 1.807) is 73.7 Å². The lowest BCUT2D eigenvalue weighted by molar-refractivity contribution is -0.116. The highest BCUT2D eigenvalue weighted by Gasteiger charge is 2.30. The van der Waals surface area contributed by atoms with Crippen LogP contribution in [0.2, 0.25) is 0 Å². The lowest BCUT2D eigenvalue weighted by Crippen LogP contribution is -2.30. The summed E-state index contributed by atoms with van der Waals surface area (Å²) in [7, 11) is 3.05. The fourth-order valence-corrected chi connectivity index (χ4v) is 8.25. The number of carbonyl (C=O) groups is 4. The average molecular weight is 742 g/mol. The molecule has 0 radical (unpaired) electrons. The molecule has 5 rings (SSSR count). The van der Waals surface area contributed by atoms with Crippen LogP contribution in [0.3, 0.4) is 0 Å². The molecule has 0 spiro atoms. The van der Waals surface area contributed by atoms with Crippen molar-refractivity contribution in [3.63, 3.8) is 0 Å². The third-order valence-electron chi connectivity index (χ3n) is 8.53. The van der Waals surface area contributed by atoms with Gasteiger partial charge in [-0.3, -0.25) is 14.4 Å². The van der Waals surface area contributed by atoms with Crippen LogP contribution in [0.25, 0.3) is 6.08 Å². The van der Waals surface area contributed by atoms with Crippen LogP contribution in [0.4, 0.5) is 10.7 Å². The number of ether oxygens (including phenoxy) is 3. The maximum Gasteiger partial charge on any atom is 0.341 e. The molecule has 2 unspecified atom stereocenters. The lowest BCUT2D eigenvalue weighted by Gasteiger charge is -2.18. The molecule has 0 aliphatic heterocycles. The van der Waals surface area contributed by atoms with E-state index in [1.165, 1.54) is 43.4 Å². The van der Waals surface area contributed by atoms with Crippen molar-refractivity contribution < 1.29 is 33.4 Å². The molecule has 0 saturated carbocycles. The van der Waals surface area contributed by atoms with Gasteiger partial charge in [-0.1, -0.05) is 38.1 Å². The monoisotopic (exact) mass is 741 g/mol. The van der Waals surface area contributed by atoms with E-state index in [9.17, 15) is 19.2 Å². The molecule has 3 aromatic carbocycles. The van der Waals surface area contributed by atoms with Crippen molar-refractivity contribution in [2.75, 3.05) is 31.5 Å². The second-order valence-corrected chi connectivity index (χ2v) is 14.6. The van der Waals surface area contributed by atoms with Crippen LogP contribution in [0.5, 0.6) is 11.5 Å². The minimum atomic E-state index is -0.566. The number of hydrogen-bond acceptors (Lipinski definition) is 9. The number of esters is 1. The zero-order valence-electron chi connectivity index (χ0n) is 29.9. The quantitative estimate of drug-likeness (QED) is 0.0674. The summed E-state index contributed by atoms with van der Waals surface area (Å²) in [6, 6.07) is 20.9. The predicted molar refractivity (Wildman–Crippen MR) is 207 cm³/mol. The molecule has 0 fully saturated rings. The Morgan fingerprint density at radius 3 is 2.46 bits per heavy atom. The number of anilines is 2. The van der Waals surface area contributed by atoms with Crippen LogP contribution < -0.4 is 25.4 Å². The zero-order valence-corrected chi connectivity index (χ0v) is 31.5. The Morgan fingerprint density at radius 2 is 1.75 bits per heavy atom. The van der Waals surface area contributed by atoms with Gasteiger partial charge in [-0.25, -0.2) is 4.79 Å². The number of fused-ring (bicyclic) bond motifs is 1. The van der Waals surface area contributed by atoms with Gasteiger partial charge >= 0.3 is 5.97 Å². The van der Waals surface area contributed by atoms with E-state index >= 15 is 0 Å². The standard InChI is InChI=1S/C40H43N3O7S2/c1-6-33(38(46)43-39-35(40(47)50-7-2)30-18-16-24(3)20-34(30)52-39)51-29-15-11-14-27(23-29)41-37(45)31(42-36(44)25-12-9-8-10-13-25)22-26-21-28(48-4)17-19-32(26)49-5/h8-15,17,19,21-24,33H,6-7,16,18,20H2,1-5H3,(H,41,45)(H,42,44)(H,43,46)/b31-22+. The van der Waals surface area contributed by atoms with Crippen molar-refractivity contribution >= 4 is 63.6 Å². The number of benzene rings is 3. The maximum atomic E-state index is 13.8. The van der Waals surface area contributed by atoms with Crippen LogP contribution in [-0.2, 0) is 27.2 Å². The maximum absolute atomic E-state index is 13.8. The van der Waals surface area contributed by atoms with Gasteiger partial charge in [0.2, 0.25) is 5.91 Å². The molecular formula is C40H43N3O7S2. The van der Waals surface area contributed by atoms with Crippen LogP contribution in [0.1, 0.15) is 70.3 Å². The van der Waals surface area contributed by atoms with Gasteiger partial charge in [0.1, 0.15) is 22.2 Å². The molecule has 3 N–H and O–H groups in total. The number of methoxy groups -OCH3 is 2. The highest BCUT2D eigenvalue weighted by atomic mass is 32.2. The summed E-state index contributed by atoms with van der Waals surface area (Å²) < 4.78 is 16.3. The van der Waals surface area contributed by atoms with Crippen LogP contribution >= 0.6 is 23.1 Å². The van der Waals surface area contributed by atoms with Gasteiger partial charge < -0.3 is 30.2 Å². The zero-order chi connectivity index (χ0) is 37.2. The van der Waals surface area contributed by atoms with Gasteiger partial charge in [-0.15, -0.1) is 23.1 Å². The molecule has 1 aliphatic rings. The summed E-state index contributed by atoms with van der Waals surface area (Å²) >= 11 is 2.82. The summed E-state index contributed by atoms with van der Waals surface area (Å²) in [4.78, 5) is 55.6. The SMILES string of the molecule is CCOC(=O)c1c(NC(=O)C(CC)Sc2cccc(NC(=O)/C(=C\c3cc(OC)ccc3OC)NC(=O)c3ccccc3)c2)sc2c1CCC(C)C2.